The molecule has 1 aliphatic heterocycles. The molecule has 2 amide bonds. The molecule has 0 saturated carbocycles. The number of hydrogen-bond acceptors (Lipinski definition) is 4. The van der Waals surface area contributed by atoms with Crippen molar-refractivity contribution in [2.75, 3.05) is 13.1 Å². The minimum Gasteiger partial charge on any atom is -0.467 e. The summed E-state index contributed by atoms with van der Waals surface area (Å²) in [6.07, 6.45) is 10.3. The standard InChI is InChI=1S/C16H23N5O2/c22-16(17-8-5-10-20-12-9-18-19-20)21-11-3-1-2-6-14(21)15-7-4-13-23-15/h4,7,9,12-14H,1-3,5-6,8,10-11H2,(H,17,22)/t14-/m1/s1. The minimum atomic E-state index is -0.00751. The van der Waals surface area contributed by atoms with Crippen LogP contribution >= 0.6 is 0 Å². The fraction of sp³-hybridized carbons (Fsp3) is 0.562. The number of amides is 2. The van der Waals surface area contributed by atoms with E-state index in [1.165, 1.54) is 0 Å². The van der Waals surface area contributed by atoms with Crippen LogP contribution in [0.2, 0.25) is 0 Å². The van der Waals surface area contributed by atoms with Crippen molar-refractivity contribution in [3.63, 3.8) is 0 Å². The highest BCUT2D eigenvalue weighted by Crippen LogP contribution is 2.30. The average Bonchev–Trinajstić information content (AvgIpc) is 3.22. The van der Waals surface area contributed by atoms with Gasteiger partial charge in [0.25, 0.3) is 0 Å². The van der Waals surface area contributed by atoms with Crippen LogP contribution in [0.25, 0.3) is 0 Å². The Morgan fingerprint density at radius 2 is 2.35 bits per heavy atom. The maximum Gasteiger partial charge on any atom is 0.318 e. The van der Waals surface area contributed by atoms with Gasteiger partial charge < -0.3 is 14.6 Å². The Labute approximate surface area is 135 Å². The highest BCUT2D eigenvalue weighted by Gasteiger charge is 2.28. The zero-order valence-corrected chi connectivity index (χ0v) is 13.2. The number of hydrogen-bond donors (Lipinski definition) is 1. The van der Waals surface area contributed by atoms with E-state index >= 15 is 0 Å². The van der Waals surface area contributed by atoms with Crippen LogP contribution in [-0.2, 0) is 6.54 Å². The maximum absolute atomic E-state index is 12.6. The van der Waals surface area contributed by atoms with Crippen molar-refractivity contribution >= 4 is 6.03 Å². The molecule has 124 valence electrons. The Morgan fingerprint density at radius 3 is 3.13 bits per heavy atom. The SMILES string of the molecule is O=C(NCCCn1ccnn1)N1CCCCC[C@@H]1c1ccco1. The number of furan rings is 1. The number of rotatable bonds is 5. The van der Waals surface area contributed by atoms with Crippen LogP contribution in [0.15, 0.2) is 35.2 Å². The molecule has 1 N–H and O–H groups in total. The summed E-state index contributed by atoms with van der Waals surface area (Å²) in [6.45, 7) is 2.15. The predicted octanol–water partition coefficient (Wildman–Crippen LogP) is 2.59. The normalized spacial score (nSPS) is 18.6. The molecule has 0 aliphatic carbocycles. The van der Waals surface area contributed by atoms with E-state index in [-0.39, 0.29) is 12.1 Å². The molecule has 0 aromatic carbocycles. The molecule has 0 bridgehead atoms. The summed E-state index contributed by atoms with van der Waals surface area (Å²) in [5.74, 6) is 0.879. The second kappa shape index (κ2) is 7.80. The number of likely N-dealkylation sites (tertiary alicyclic amines) is 1. The zero-order valence-electron chi connectivity index (χ0n) is 13.2. The van der Waals surface area contributed by atoms with Crippen molar-refractivity contribution in [1.82, 2.24) is 25.2 Å². The number of aromatic nitrogens is 3. The first-order valence-electron chi connectivity index (χ1n) is 8.26. The predicted molar refractivity (Wildman–Crippen MR) is 84.7 cm³/mol. The molecular formula is C16H23N5O2. The quantitative estimate of drug-likeness (QED) is 0.860. The molecule has 0 radical (unpaired) electrons. The highest BCUT2D eigenvalue weighted by atomic mass is 16.3. The molecule has 2 aromatic rings. The highest BCUT2D eigenvalue weighted by molar-refractivity contribution is 5.74. The molecule has 3 heterocycles. The Bertz CT molecular complexity index is 582. The molecule has 1 aliphatic rings. The molecule has 0 unspecified atom stereocenters. The van der Waals surface area contributed by atoms with E-state index in [0.29, 0.717) is 6.54 Å². The van der Waals surface area contributed by atoms with E-state index in [1.807, 2.05) is 23.2 Å². The van der Waals surface area contributed by atoms with Gasteiger partial charge in [-0.3, -0.25) is 4.68 Å². The summed E-state index contributed by atoms with van der Waals surface area (Å²) in [5, 5.41) is 10.7. The summed E-state index contributed by atoms with van der Waals surface area (Å²) in [4.78, 5) is 14.5. The van der Waals surface area contributed by atoms with Crippen LogP contribution in [0.4, 0.5) is 4.79 Å². The van der Waals surface area contributed by atoms with Crippen LogP contribution in [0.5, 0.6) is 0 Å². The lowest BCUT2D eigenvalue weighted by atomic mass is 10.1. The van der Waals surface area contributed by atoms with Crippen LogP contribution in [0.3, 0.4) is 0 Å². The number of aryl methyl sites for hydroxylation is 1. The van der Waals surface area contributed by atoms with Crippen molar-refractivity contribution in [3.8, 4) is 0 Å². The van der Waals surface area contributed by atoms with Gasteiger partial charge in [-0.2, -0.15) is 0 Å². The van der Waals surface area contributed by atoms with Crippen molar-refractivity contribution in [2.24, 2.45) is 0 Å². The molecular weight excluding hydrogens is 294 g/mol. The Morgan fingerprint density at radius 1 is 1.39 bits per heavy atom. The molecule has 7 heteroatoms. The van der Waals surface area contributed by atoms with Gasteiger partial charge in [-0.25, -0.2) is 4.79 Å². The second-order valence-corrected chi connectivity index (χ2v) is 5.83. The van der Waals surface area contributed by atoms with E-state index in [9.17, 15) is 4.79 Å². The summed E-state index contributed by atoms with van der Waals surface area (Å²) in [7, 11) is 0. The number of nitrogens with one attached hydrogen (secondary N) is 1. The van der Waals surface area contributed by atoms with Crippen molar-refractivity contribution in [2.45, 2.75) is 44.7 Å². The van der Waals surface area contributed by atoms with Gasteiger partial charge in [0, 0.05) is 25.8 Å². The fourth-order valence-electron chi connectivity index (χ4n) is 3.02. The lowest BCUT2D eigenvalue weighted by Crippen LogP contribution is -2.42. The molecule has 23 heavy (non-hydrogen) atoms. The van der Waals surface area contributed by atoms with Gasteiger partial charge in [0.2, 0.25) is 0 Å². The number of nitrogens with zero attached hydrogens (tertiary/aromatic N) is 4. The van der Waals surface area contributed by atoms with Gasteiger partial charge in [-0.15, -0.1) is 5.10 Å². The Hall–Kier alpha value is -2.31. The third kappa shape index (κ3) is 4.12. The van der Waals surface area contributed by atoms with Gasteiger partial charge in [0.1, 0.15) is 5.76 Å². The van der Waals surface area contributed by atoms with Crippen LogP contribution in [0, 0.1) is 0 Å². The van der Waals surface area contributed by atoms with E-state index in [0.717, 1.165) is 51.0 Å². The lowest BCUT2D eigenvalue weighted by Gasteiger charge is -2.28. The molecule has 0 spiro atoms. The van der Waals surface area contributed by atoms with Crippen LogP contribution in [0.1, 0.15) is 43.9 Å². The first-order chi connectivity index (χ1) is 11.3. The monoisotopic (exact) mass is 317 g/mol. The molecule has 1 atom stereocenters. The molecule has 7 nitrogen and oxygen atoms in total. The van der Waals surface area contributed by atoms with Gasteiger partial charge >= 0.3 is 6.03 Å². The summed E-state index contributed by atoms with van der Waals surface area (Å²) in [5.41, 5.74) is 0. The van der Waals surface area contributed by atoms with Gasteiger partial charge in [-0.1, -0.05) is 18.1 Å². The topological polar surface area (TPSA) is 76.2 Å². The van der Waals surface area contributed by atoms with Gasteiger partial charge in [0.15, 0.2) is 0 Å². The molecule has 1 fully saturated rings. The fourth-order valence-corrected chi connectivity index (χ4v) is 3.02. The van der Waals surface area contributed by atoms with E-state index in [2.05, 4.69) is 15.6 Å². The van der Waals surface area contributed by atoms with E-state index in [1.54, 1.807) is 17.1 Å². The largest absolute Gasteiger partial charge is 0.467 e. The van der Waals surface area contributed by atoms with Crippen molar-refractivity contribution in [3.05, 3.63) is 36.5 Å². The second-order valence-electron chi connectivity index (χ2n) is 5.83. The smallest absolute Gasteiger partial charge is 0.318 e. The minimum absolute atomic E-state index is 0.00751. The molecule has 1 saturated heterocycles. The van der Waals surface area contributed by atoms with E-state index < -0.39 is 0 Å². The lowest BCUT2D eigenvalue weighted by molar-refractivity contribution is 0.166. The molecule has 3 rings (SSSR count). The number of carbonyl (C=O) groups excluding carboxylic acids is 1. The number of carbonyl (C=O) groups is 1. The first kappa shape index (κ1) is 15.6. The zero-order chi connectivity index (χ0) is 15.9. The first-order valence-corrected chi connectivity index (χ1v) is 8.26. The van der Waals surface area contributed by atoms with E-state index in [4.69, 9.17) is 4.42 Å². The van der Waals surface area contributed by atoms with Crippen LogP contribution in [-0.4, -0.2) is 39.0 Å². The third-order valence-electron chi connectivity index (χ3n) is 4.20. The maximum atomic E-state index is 12.6. The summed E-state index contributed by atoms with van der Waals surface area (Å²) < 4.78 is 7.31. The third-order valence-corrected chi connectivity index (χ3v) is 4.20. The summed E-state index contributed by atoms with van der Waals surface area (Å²) >= 11 is 0. The average molecular weight is 317 g/mol. The number of urea groups is 1. The Balaban J connectivity index is 1.53. The Kier molecular flexibility index (Phi) is 5.29. The van der Waals surface area contributed by atoms with Crippen molar-refractivity contribution < 1.29 is 9.21 Å². The van der Waals surface area contributed by atoms with Crippen LogP contribution < -0.4 is 5.32 Å². The summed E-state index contributed by atoms with van der Waals surface area (Å²) in [6, 6.07) is 3.88. The van der Waals surface area contributed by atoms with Crippen molar-refractivity contribution in [1.29, 1.82) is 0 Å². The van der Waals surface area contributed by atoms with Gasteiger partial charge in [-0.05, 0) is 31.4 Å². The molecule has 2 aromatic heterocycles. The van der Waals surface area contributed by atoms with Gasteiger partial charge in [0.05, 0.1) is 18.5 Å².